The smallest absolute Gasteiger partial charge is 0.333 e. The maximum Gasteiger partial charge on any atom is 0.333 e. The lowest BCUT2D eigenvalue weighted by molar-refractivity contribution is -0.143. The summed E-state index contributed by atoms with van der Waals surface area (Å²) in [4.78, 5) is 12.2. The molecule has 0 aromatic rings. The van der Waals surface area contributed by atoms with E-state index in [0.29, 0.717) is 19.6 Å². The van der Waals surface area contributed by atoms with Crippen molar-refractivity contribution < 1.29 is 14.3 Å². The van der Waals surface area contributed by atoms with Crippen LogP contribution in [0.5, 0.6) is 0 Å². The van der Waals surface area contributed by atoms with Gasteiger partial charge in [-0.2, -0.15) is 5.26 Å². The lowest BCUT2D eigenvalue weighted by atomic mass is 10.1. The minimum atomic E-state index is -0.777. The molecule has 0 aromatic carbocycles. The Balaban J connectivity index is 3.11. The highest BCUT2D eigenvalue weighted by molar-refractivity contribution is 8.19. The third-order valence-electron chi connectivity index (χ3n) is 2.89. The van der Waals surface area contributed by atoms with Gasteiger partial charge in [0.25, 0.3) is 0 Å². The number of nitrogens with zero attached hydrogens (tertiary/aromatic N) is 1. The minimum absolute atomic E-state index is 0.280. The van der Waals surface area contributed by atoms with Crippen molar-refractivity contribution in [1.82, 2.24) is 0 Å². The summed E-state index contributed by atoms with van der Waals surface area (Å²) in [6.07, 6.45) is 2.33. The molecule has 0 N–H and O–H groups in total. The predicted octanol–water partition coefficient (Wildman–Crippen LogP) is 2.95. The van der Waals surface area contributed by atoms with E-state index in [1.807, 2.05) is 20.1 Å². The number of thioether (sulfide) groups is 2. The van der Waals surface area contributed by atoms with Gasteiger partial charge in [-0.25, -0.2) is 4.79 Å². The Kier molecular flexibility index (Phi) is 6.08. The Morgan fingerprint density at radius 1 is 1.58 bits per heavy atom. The largest absolute Gasteiger partial charge is 0.498 e. The first-order valence-electron chi connectivity index (χ1n) is 6.16. The summed E-state index contributed by atoms with van der Waals surface area (Å²) < 4.78 is 9.99. The normalized spacial score (nSPS) is 26.8. The number of esters is 1. The summed E-state index contributed by atoms with van der Waals surface area (Å²) in [6.45, 7) is 6.44. The second kappa shape index (κ2) is 7.11. The van der Waals surface area contributed by atoms with Crippen LogP contribution >= 0.6 is 23.5 Å². The van der Waals surface area contributed by atoms with Gasteiger partial charge < -0.3 is 9.47 Å². The van der Waals surface area contributed by atoms with Crippen LogP contribution in [0.2, 0.25) is 0 Å². The second-order valence-corrected chi connectivity index (χ2v) is 6.79. The molecular formula is C13H19NO3S2. The van der Waals surface area contributed by atoms with Crippen LogP contribution in [0.25, 0.3) is 0 Å². The van der Waals surface area contributed by atoms with E-state index in [-0.39, 0.29) is 11.2 Å². The lowest BCUT2D eigenvalue weighted by Gasteiger charge is -2.36. The molecule has 0 amide bonds. The molecule has 106 valence electrons. The van der Waals surface area contributed by atoms with Gasteiger partial charge in [-0.3, -0.25) is 0 Å². The molecule has 0 aromatic heterocycles. The number of allylic oxidation sites excluding steroid dienone is 1. The first-order valence-corrected chi connectivity index (χ1v) is 8.27. The van der Waals surface area contributed by atoms with E-state index in [1.165, 1.54) is 23.5 Å². The highest BCUT2D eigenvalue weighted by Gasteiger charge is 2.47. The average Bonchev–Trinajstić information content (AvgIpc) is 2.41. The van der Waals surface area contributed by atoms with Gasteiger partial charge >= 0.3 is 5.97 Å². The van der Waals surface area contributed by atoms with Crippen LogP contribution in [0, 0.1) is 11.3 Å². The van der Waals surface area contributed by atoms with Crippen molar-refractivity contribution in [3.8, 4) is 6.07 Å². The van der Waals surface area contributed by atoms with E-state index in [4.69, 9.17) is 9.47 Å². The molecule has 1 rings (SSSR count). The quantitative estimate of drug-likeness (QED) is 0.728. The molecule has 4 nitrogen and oxygen atoms in total. The van der Waals surface area contributed by atoms with Crippen molar-refractivity contribution in [2.75, 3.05) is 19.5 Å². The summed E-state index contributed by atoms with van der Waals surface area (Å²) in [5, 5.41) is 8.90. The summed E-state index contributed by atoms with van der Waals surface area (Å²) in [7, 11) is 0. The van der Waals surface area contributed by atoms with Gasteiger partial charge in [-0.15, -0.1) is 23.5 Å². The monoisotopic (exact) mass is 301 g/mol. The Morgan fingerprint density at radius 2 is 2.26 bits per heavy atom. The first-order chi connectivity index (χ1) is 9.04. The lowest BCUT2D eigenvalue weighted by Crippen LogP contribution is -2.39. The number of rotatable bonds is 5. The molecule has 2 atom stereocenters. The summed E-state index contributed by atoms with van der Waals surface area (Å²) >= 11 is 2.77. The molecule has 0 fully saturated rings. The van der Waals surface area contributed by atoms with Gasteiger partial charge in [0.1, 0.15) is 5.25 Å². The van der Waals surface area contributed by atoms with Crippen LogP contribution in [0.1, 0.15) is 27.2 Å². The fourth-order valence-electron chi connectivity index (χ4n) is 1.84. The van der Waals surface area contributed by atoms with E-state index < -0.39 is 4.08 Å². The molecule has 6 heteroatoms. The van der Waals surface area contributed by atoms with Crippen molar-refractivity contribution in [3.63, 3.8) is 0 Å². The fourth-order valence-corrected chi connectivity index (χ4v) is 4.13. The van der Waals surface area contributed by atoms with Crippen LogP contribution in [-0.4, -0.2) is 34.8 Å². The molecule has 19 heavy (non-hydrogen) atoms. The minimum Gasteiger partial charge on any atom is -0.498 e. The van der Waals surface area contributed by atoms with Gasteiger partial charge in [-0.1, -0.05) is 0 Å². The maximum atomic E-state index is 12.2. The van der Waals surface area contributed by atoms with Crippen molar-refractivity contribution in [2.24, 2.45) is 0 Å². The third kappa shape index (κ3) is 3.40. The van der Waals surface area contributed by atoms with Crippen LogP contribution in [0.4, 0.5) is 0 Å². The van der Waals surface area contributed by atoms with Gasteiger partial charge in [0.15, 0.2) is 4.08 Å². The van der Waals surface area contributed by atoms with Crippen molar-refractivity contribution >= 4 is 29.5 Å². The maximum absolute atomic E-state index is 12.2. The zero-order valence-electron chi connectivity index (χ0n) is 11.7. The molecular weight excluding hydrogens is 282 g/mol. The van der Waals surface area contributed by atoms with Crippen molar-refractivity contribution in [1.29, 1.82) is 5.26 Å². The first kappa shape index (κ1) is 16.3. The van der Waals surface area contributed by atoms with Crippen LogP contribution in [0.3, 0.4) is 0 Å². The van der Waals surface area contributed by atoms with E-state index >= 15 is 0 Å². The molecule has 0 bridgehead atoms. The highest BCUT2D eigenvalue weighted by Crippen LogP contribution is 2.50. The Hall–Kier alpha value is -0.800. The van der Waals surface area contributed by atoms with Gasteiger partial charge in [-0.05, 0) is 32.6 Å². The SMILES string of the molecule is CCOC(=O)C1(SC)CC(OCC)=C(C)C(C#N)S1. The zero-order valence-corrected chi connectivity index (χ0v) is 13.3. The summed E-state index contributed by atoms with van der Waals surface area (Å²) in [5.41, 5.74) is 0.906. The number of carbonyl (C=O) groups is 1. The molecule has 0 radical (unpaired) electrons. The van der Waals surface area contributed by atoms with E-state index in [9.17, 15) is 10.1 Å². The van der Waals surface area contributed by atoms with Crippen molar-refractivity contribution in [2.45, 2.75) is 36.5 Å². The molecule has 1 aliphatic rings. The topological polar surface area (TPSA) is 59.3 Å². The Labute approximate surface area is 122 Å². The zero-order chi connectivity index (χ0) is 14.5. The number of ether oxygens (including phenoxy) is 2. The van der Waals surface area contributed by atoms with Crippen LogP contribution in [0.15, 0.2) is 11.3 Å². The van der Waals surface area contributed by atoms with E-state index in [1.54, 1.807) is 6.92 Å². The summed E-state index contributed by atoms with van der Waals surface area (Å²) in [5.74, 6) is 0.465. The molecule has 1 heterocycles. The number of hydrogen-bond donors (Lipinski definition) is 0. The molecule has 0 saturated heterocycles. The third-order valence-corrected chi connectivity index (χ3v) is 6.03. The van der Waals surface area contributed by atoms with Gasteiger partial charge in [0, 0.05) is 6.42 Å². The number of hydrogen-bond acceptors (Lipinski definition) is 6. The summed E-state index contributed by atoms with van der Waals surface area (Å²) in [6, 6.07) is 2.23. The Bertz CT molecular complexity index is 417. The molecule has 0 spiro atoms. The van der Waals surface area contributed by atoms with Crippen LogP contribution in [-0.2, 0) is 14.3 Å². The average molecular weight is 301 g/mol. The van der Waals surface area contributed by atoms with Crippen LogP contribution < -0.4 is 0 Å². The molecule has 0 saturated carbocycles. The van der Waals surface area contributed by atoms with E-state index in [2.05, 4.69) is 6.07 Å². The van der Waals surface area contributed by atoms with E-state index in [0.717, 1.165) is 11.3 Å². The highest BCUT2D eigenvalue weighted by atomic mass is 32.2. The predicted molar refractivity (Wildman–Crippen MR) is 78.8 cm³/mol. The van der Waals surface area contributed by atoms with Gasteiger partial charge in [0.2, 0.25) is 0 Å². The fraction of sp³-hybridized carbons (Fsp3) is 0.692. The standard InChI is InChI=1S/C13H19NO3S2/c1-5-16-10-7-13(18-4,12(15)17-6-2)19-11(8-14)9(10)3/h11H,5-7H2,1-4H3. The molecule has 0 aliphatic carbocycles. The second-order valence-electron chi connectivity index (χ2n) is 4.02. The number of carbonyl (C=O) groups excluding carboxylic acids is 1. The number of nitriles is 1. The molecule has 2 unspecified atom stereocenters. The van der Waals surface area contributed by atoms with Crippen molar-refractivity contribution in [3.05, 3.63) is 11.3 Å². The Morgan fingerprint density at radius 3 is 2.74 bits per heavy atom. The van der Waals surface area contributed by atoms with Gasteiger partial charge in [0.05, 0.1) is 25.0 Å². The molecule has 1 aliphatic heterocycles.